The van der Waals surface area contributed by atoms with Crippen molar-refractivity contribution in [3.8, 4) is 0 Å². The van der Waals surface area contributed by atoms with Gasteiger partial charge in [0.25, 0.3) is 0 Å². The molecular weight excluding hydrogens is 419 g/mol. The lowest BCUT2D eigenvalue weighted by Crippen LogP contribution is -2.43. The van der Waals surface area contributed by atoms with Crippen molar-refractivity contribution in [1.29, 1.82) is 0 Å². The van der Waals surface area contributed by atoms with Crippen LogP contribution in [0, 0.1) is 0 Å². The summed E-state index contributed by atoms with van der Waals surface area (Å²) in [4.78, 5) is -0.678. The van der Waals surface area contributed by atoms with Crippen LogP contribution in [0.3, 0.4) is 0 Å². The molecule has 0 spiro atoms. The fraction of sp³-hybridized carbons (Fsp3) is 0.500. The van der Waals surface area contributed by atoms with Crippen LogP contribution in [0.4, 0.5) is 13.2 Å². The van der Waals surface area contributed by atoms with Crippen molar-refractivity contribution in [2.75, 3.05) is 21.3 Å². The summed E-state index contributed by atoms with van der Waals surface area (Å²) in [5, 5.41) is 0. The summed E-state index contributed by atoms with van der Waals surface area (Å²) in [7, 11) is -9.74. The second-order valence-electron chi connectivity index (χ2n) is 4.91. The summed E-state index contributed by atoms with van der Waals surface area (Å²) in [6, 6.07) is 4.95. The molecule has 0 amide bonds. The fourth-order valence-electron chi connectivity index (χ4n) is 1.90. The number of hydrogen-bond donors (Lipinski definition) is 0. The van der Waals surface area contributed by atoms with E-state index in [1.165, 1.54) is 33.5 Å². The molecule has 0 heterocycles. The first-order valence-electron chi connectivity index (χ1n) is 6.87. The minimum absolute atomic E-state index is 0.370. The number of nitrogens with zero attached hydrogens (tertiary/aromatic N) is 1. The van der Waals surface area contributed by atoms with Crippen molar-refractivity contribution in [2.24, 2.45) is 0 Å². The lowest BCUT2D eigenvalue weighted by molar-refractivity contribution is -0.0425. The third-order valence-electron chi connectivity index (χ3n) is 3.36. The smallest absolute Gasteiger partial charge is 0.424 e. The molecule has 0 radical (unpaired) electrons. The van der Waals surface area contributed by atoms with Gasteiger partial charge in [-0.2, -0.15) is 13.2 Å². The minimum atomic E-state index is -6.16. The zero-order valence-corrected chi connectivity index (χ0v) is 16.6. The molecule has 0 aliphatic rings. The monoisotopic (exact) mass is 436 g/mol. The van der Waals surface area contributed by atoms with Crippen LogP contribution in [0.25, 0.3) is 4.13 Å². The Morgan fingerprint density at radius 1 is 0.962 bits per heavy atom. The molecule has 0 saturated heterocycles. The maximum Gasteiger partial charge on any atom is 0.500 e. The first-order chi connectivity index (χ1) is 11.8. The zero-order chi connectivity index (χ0) is 20.2. The van der Waals surface area contributed by atoms with E-state index in [1.807, 2.05) is 4.13 Å². The number of alkyl halides is 3. The Morgan fingerprint density at radius 2 is 1.42 bits per heavy atom. The van der Waals surface area contributed by atoms with Crippen LogP contribution in [-0.2, 0) is 39.7 Å². The molecule has 26 heavy (non-hydrogen) atoms. The quantitative estimate of drug-likeness (QED) is 0.545. The van der Waals surface area contributed by atoms with Gasteiger partial charge in [-0.1, -0.05) is 12.1 Å². The molecule has 1 aromatic rings. The highest BCUT2D eigenvalue weighted by molar-refractivity contribution is 8.12. The lowest BCUT2D eigenvalue weighted by Gasteiger charge is -2.24. The Hall–Kier alpha value is -1.03. The van der Waals surface area contributed by atoms with E-state index in [9.17, 15) is 30.0 Å². The van der Waals surface area contributed by atoms with Crippen LogP contribution in [-0.4, -0.2) is 52.5 Å². The fourth-order valence-corrected chi connectivity index (χ4v) is 5.80. The van der Waals surface area contributed by atoms with Crippen LogP contribution in [0.5, 0.6) is 0 Å². The SMILES string of the molecule is CO[Si](CCc1ccc(S(=O)(=O)[N-]S(=O)(=O)C(F)(F)F)cc1)(OC)OC. The van der Waals surface area contributed by atoms with Crippen molar-refractivity contribution < 1.29 is 43.3 Å². The van der Waals surface area contributed by atoms with Gasteiger partial charge in [-0.15, -0.1) is 0 Å². The molecule has 0 fully saturated rings. The second-order valence-corrected chi connectivity index (χ2v) is 11.4. The summed E-state index contributed by atoms with van der Waals surface area (Å²) in [5.74, 6) is 0. The Labute approximate surface area is 150 Å². The van der Waals surface area contributed by atoms with Crippen molar-refractivity contribution in [1.82, 2.24) is 0 Å². The minimum Gasteiger partial charge on any atom is -0.424 e. The Bertz CT molecular complexity index is 798. The molecule has 1 rings (SSSR count). The first-order valence-corrected chi connectivity index (χ1v) is 11.7. The highest BCUT2D eigenvalue weighted by Crippen LogP contribution is 2.32. The van der Waals surface area contributed by atoms with E-state index in [-0.39, 0.29) is 0 Å². The number of halogens is 3. The lowest BCUT2D eigenvalue weighted by atomic mass is 10.2. The third-order valence-corrected chi connectivity index (χ3v) is 9.11. The van der Waals surface area contributed by atoms with Gasteiger partial charge in [-0.25, -0.2) is 16.8 Å². The third kappa shape index (κ3) is 5.48. The molecule has 0 N–H and O–H groups in total. The molecule has 0 saturated carbocycles. The Kier molecular flexibility index (Phi) is 7.37. The molecule has 150 valence electrons. The molecule has 0 atom stereocenters. The van der Waals surface area contributed by atoms with E-state index in [0.29, 0.717) is 18.0 Å². The predicted octanol–water partition coefficient (Wildman–Crippen LogP) is 2.02. The van der Waals surface area contributed by atoms with E-state index in [2.05, 4.69) is 0 Å². The van der Waals surface area contributed by atoms with Gasteiger partial charge >= 0.3 is 14.3 Å². The number of rotatable bonds is 9. The average molecular weight is 436 g/mol. The predicted molar refractivity (Wildman–Crippen MR) is 87.3 cm³/mol. The van der Waals surface area contributed by atoms with Gasteiger partial charge in [0.2, 0.25) is 0 Å². The highest BCUT2D eigenvalue weighted by Gasteiger charge is 2.40. The molecule has 0 aromatic heterocycles. The Morgan fingerprint density at radius 3 is 1.81 bits per heavy atom. The van der Waals surface area contributed by atoms with Crippen LogP contribution < -0.4 is 0 Å². The van der Waals surface area contributed by atoms with Crippen molar-refractivity contribution in [3.63, 3.8) is 0 Å². The number of benzene rings is 1. The average Bonchev–Trinajstić information content (AvgIpc) is 2.55. The summed E-state index contributed by atoms with van der Waals surface area (Å²) in [6.07, 6.45) is 0.375. The van der Waals surface area contributed by atoms with Gasteiger partial charge in [0.15, 0.2) is 10.0 Å². The summed E-state index contributed by atoms with van der Waals surface area (Å²) in [5.41, 5.74) is -5.18. The normalized spacial score (nSPS) is 13.8. The second kappa shape index (κ2) is 8.33. The number of aryl methyl sites for hydroxylation is 1. The molecule has 0 bridgehead atoms. The maximum absolute atomic E-state index is 12.3. The summed E-state index contributed by atoms with van der Waals surface area (Å²) < 4.78 is 99.9. The maximum atomic E-state index is 12.3. The topological polar surface area (TPSA) is 110 Å². The van der Waals surface area contributed by atoms with Crippen LogP contribution in [0.2, 0.25) is 6.04 Å². The van der Waals surface area contributed by atoms with Gasteiger partial charge in [0.1, 0.15) is 10.0 Å². The van der Waals surface area contributed by atoms with Gasteiger partial charge in [-0.3, -0.25) is 0 Å². The molecule has 0 aliphatic carbocycles. The van der Waals surface area contributed by atoms with E-state index in [4.69, 9.17) is 13.3 Å². The largest absolute Gasteiger partial charge is 0.500 e. The summed E-state index contributed by atoms with van der Waals surface area (Å²) >= 11 is 0. The first kappa shape index (κ1) is 23.0. The Balaban J connectivity index is 2.93. The van der Waals surface area contributed by atoms with Gasteiger partial charge < -0.3 is 17.4 Å². The molecule has 0 aliphatic heterocycles. The van der Waals surface area contributed by atoms with Gasteiger partial charge in [-0.05, 0) is 24.1 Å². The van der Waals surface area contributed by atoms with E-state index in [0.717, 1.165) is 12.1 Å². The van der Waals surface area contributed by atoms with Crippen LogP contribution in [0.1, 0.15) is 5.56 Å². The van der Waals surface area contributed by atoms with Crippen LogP contribution >= 0.6 is 0 Å². The van der Waals surface area contributed by atoms with Crippen LogP contribution in [0.15, 0.2) is 29.2 Å². The van der Waals surface area contributed by atoms with Gasteiger partial charge in [0, 0.05) is 32.3 Å². The molecule has 14 heteroatoms. The molecule has 1 aromatic carbocycles. The highest BCUT2D eigenvalue weighted by atomic mass is 32.3. The zero-order valence-electron chi connectivity index (χ0n) is 14.0. The van der Waals surface area contributed by atoms with E-state index < -0.39 is 39.3 Å². The van der Waals surface area contributed by atoms with E-state index >= 15 is 0 Å². The number of hydrogen-bond acceptors (Lipinski definition) is 7. The number of sulfonamides is 2. The van der Waals surface area contributed by atoms with Crippen molar-refractivity contribution >= 4 is 28.9 Å². The molecule has 8 nitrogen and oxygen atoms in total. The standard InChI is InChI=1S/C12H17F3NO7S2Si/c1-21-26(22-2,23-3)9-8-10-4-6-11(7-5-10)24(17,18)16-25(19,20)12(13,14)15/h4-7H,8-9H2,1-3H3/q-1. The molecular formula is C12H17F3NO7S2Si-. The van der Waals surface area contributed by atoms with Crippen molar-refractivity contribution in [3.05, 3.63) is 34.0 Å². The molecule has 0 unspecified atom stereocenters. The summed E-state index contributed by atoms with van der Waals surface area (Å²) in [6.45, 7) is 0. The van der Waals surface area contributed by atoms with E-state index in [1.54, 1.807) is 0 Å². The van der Waals surface area contributed by atoms with Crippen molar-refractivity contribution in [2.45, 2.75) is 22.9 Å². The van der Waals surface area contributed by atoms with Gasteiger partial charge in [0.05, 0.1) is 0 Å².